The molecule has 0 saturated heterocycles. The van der Waals surface area contributed by atoms with E-state index in [4.69, 9.17) is 6.85 Å². The van der Waals surface area contributed by atoms with Gasteiger partial charge in [0.2, 0.25) is 0 Å². The molecule has 0 fully saturated rings. The molecule has 0 aliphatic carbocycles. The van der Waals surface area contributed by atoms with E-state index in [2.05, 4.69) is 41.6 Å². The Hall–Kier alpha value is 0.390. The van der Waals surface area contributed by atoms with Crippen LogP contribution in [0.3, 0.4) is 0 Å². The van der Waals surface area contributed by atoms with Gasteiger partial charge in [0.15, 0.2) is 0 Å². The summed E-state index contributed by atoms with van der Waals surface area (Å²) in [4.78, 5) is 3.78. The van der Waals surface area contributed by atoms with E-state index in [1.165, 1.54) is 0 Å². The molecule has 0 unspecified atom stereocenters. The maximum atomic E-state index is 7.21. The first kappa shape index (κ1) is 3.87. The van der Waals surface area contributed by atoms with Gasteiger partial charge in [-0.05, 0) is 38.7 Å². The highest BCUT2D eigenvalue weighted by atomic mass is 79.9. The Bertz CT molecular complexity index is 345. The maximum absolute atomic E-state index is 7.21. The zero-order valence-corrected chi connectivity index (χ0v) is 8.51. The van der Waals surface area contributed by atoms with Gasteiger partial charge in [0.25, 0.3) is 5.19 Å². The molecular weight excluding hydrogens is 282 g/mol. The smallest absolute Gasteiger partial charge is 0.275 e. The molecule has 0 atom stereocenters. The van der Waals surface area contributed by atoms with Gasteiger partial charge in [0.05, 0.1) is 9.30 Å². The van der Waals surface area contributed by atoms with Gasteiger partial charge in [-0.1, -0.05) is 11.3 Å². The Labute approximate surface area is 86.9 Å². The zero-order valence-electron chi connectivity index (χ0n) is 9.52. The Morgan fingerprint density at radius 2 is 2.70 bits per heavy atom. The molecule has 56 valence electrons. The van der Waals surface area contributed by atoms with Crippen LogP contribution in [0.5, 0.6) is 5.19 Å². The van der Waals surface area contributed by atoms with Crippen LogP contribution in [0.2, 0.25) is 0 Å². The van der Waals surface area contributed by atoms with Crippen molar-refractivity contribution < 1.29 is 11.6 Å². The summed E-state index contributed by atoms with van der Waals surface area (Å²) in [5.74, 6) is 0. The number of aromatic nitrogens is 1. The van der Waals surface area contributed by atoms with Crippen molar-refractivity contribution in [1.29, 1.82) is 0 Å². The normalized spacial score (nSPS) is 20.0. The summed E-state index contributed by atoms with van der Waals surface area (Å²) in [6, 6.07) is 0. The highest BCUT2D eigenvalue weighted by Crippen LogP contribution is 2.33. The van der Waals surface area contributed by atoms with Gasteiger partial charge in [-0.2, -0.15) is 4.98 Å². The van der Waals surface area contributed by atoms with Crippen molar-refractivity contribution in [2.45, 2.75) is 6.85 Å². The fraction of sp³-hybridized carbons (Fsp3) is 0.400. The van der Waals surface area contributed by atoms with Gasteiger partial charge in [-0.3, -0.25) is 0 Å². The van der Waals surface area contributed by atoms with E-state index < -0.39 is 13.4 Å². The number of ether oxygens (including phenoxy) is 1. The second-order valence-corrected chi connectivity index (χ2v) is 4.28. The standard InChI is InChI=1S/C5H5Br2NOS/c1-2-9-5-8-3(6)4(7)10-5/h2H2,1H3/i1D3,2D2. The van der Waals surface area contributed by atoms with Gasteiger partial charge in [0.1, 0.15) is 8.39 Å². The van der Waals surface area contributed by atoms with Crippen molar-refractivity contribution in [3.63, 3.8) is 0 Å². The maximum Gasteiger partial charge on any atom is 0.275 e. The van der Waals surface area contributed by atoms with Crippen molar-refractivity contribution in [2.24, 2.45) is 0 Å². The summed E-state index contributed by atoms with van der Waals surface area (Å²) in [5.41, 5.74) is 0. The van der Waals surface area contributed by atoms with Crippen molar-refractivity contribution in [3.8, 4) is 5.19 Å². The molecular formula is C5H5Br2NOS. The lowest BCUT2D eigenvalue weighted by Gasteiger charge is -1.92. The van der Waals surface area contributed by atoms with E-state index >= 15 is 0 Å². The van der Waals surface area contributed by atoms with Crippen LogP contribution in [-0.2, 0) is 0 Å². The third-order valence-electron chi connectivity index (χ3n) is 0.667. The lowest BCUT2D eigenvalue weighted by Crippen LogP contribution is -1.89. The highest BCUT2D eigenvalue weighted by Gasteiger charge is 2.05. The van der Waals surface area contributed by atoms with E-state index in [0.29, 0.717) is 8.39 Å². The Balaban J connectivity index is 2.86. The predicted octanol–water partition coefficient (Wildman–Crippen LogP) is 3.07. The average Bonchev–Trinajstić information content (AvgIpc) is 2.27. The molecule has 0 N–H and O–H groups in total. The molecule has 0 amide bonds. The van der Waals surface area contributed by atoms with Crippen LogP contribution >= 0.6 is 43.2 Å². The summed E-state index contributed by atoms with van der Waals surface area (Å²) in [7, 11) is 0. The minimum atomic E-state index is -2.85. The van der Waals surface area contributed by atoms with Crippen LogP contribution in [0.4, 0.5) is 0 Å². The third kappa shape index (κ3) is 1.93. The minimum Gasteiger partial charge on any atom is -0.470 e. The van der Waals surface area contributed by atoms with Gasteiger partial charge >= 0.3 is 0 Å². The molecule has 1 aromatic rings. The van der Waals surface area contributed by atoms with Crippen molar-refractivity contribution in [3.05, 3.63) is 8.39 Å². The summed E-state index contributed by atoms with van der Waals surface area (Å²) in [6.07, 6.45) is 0. The third-order valence-corrected chi connectivity index (χ3v) is 3.62. The minimum absolute atomic E-state index is 0.0464. The highest BCUT2D eigenvalue weighted by molar-refractivity contribution is 9.13. The molecule has 0 aromatic carbocycles. The quantitative estimate of drug-likeness (QED) is 0.835. The SMILES string of the molecule is [2H]C([2H])([2H])C([2H])([2H])Oc1nc(Br)c(Br)s1. The van der Waals surface area contributed by atoms with Gasteiger partial charge in [0, 0.05) is 4.11 Å². The van der Waals surface area contributed by atoms with E-state index in [0.717, 1.165) is 11.3 Å². The van der Waals surface area contributed by atoms with Gasteiger partial charge in [-0.25, -0.2) is 0 Å². The van der Waals surface area contributed by atoms with Crippen LogP contribution in [0.1, 0.15) is 13.7 Å². The molecule has 0 aliphatic heterocycles. The molecule has 5 heteroatoms. The lowest BCUT2D eigenvalue weighted by atomic mass is 10.9. The molecule has 0 aliphatic rings. The molecule has 1 heterocycles. The number of hydrogen-bond acceptors (Lipinski definition) is 3. The first-order chi connectivity index (χ1) is 6.63. The summed E-state index contributed by atoms with van der Waals surface area (Å²) >= 11 is 7.23. The Morgan fingerprint density at radius 1 is 1.90 bits per heavy atom. The van der Waals surface area contributed by atoms with Gasteiger partial charge in [-0.15, -0.1) is 0 Å². The lowest BCUT2D eigenvalue weighted by molar-refractivity contribution is 0.338. The number of hydrogen-bond donors (Lipinski definition) is 0. The molecule has 1 rings (SSSR count). The largest absolute Gasteiger partial charge is 0.470 e. The first-order valence-electron chi connectivity index (χ1n) is 4.64. The van der Waals surface area contributed by atoms with Crippen molar-refractivity contribution in [1.82, 2.24) is 4.98 Å². The molecule has 1 aromatic heterocycles. The fourth-order valence-electron chi connectivity index (χ4n) is 0.353. The van der Waals surface area contributed by atoms with E-state index in [-0.39, 0.29) is 5.19 Å². The predicted molar refractivity (Wildman–Crippen MR) is 48.7 cm³/mol. The molecule has 0 bridgehead atoms. The summed E-state index contributed by atoms with van der Waals surface area (Å²) in [6.45, 7) is -5.60. The zero-order chi connectivity index (χ0) is 11.9. The summed E-state index contributed by atoms with van der Waals surface area (Å²) in [5, 5.41) is -0.0464. The van der Waals surface area contributed by atoms with E-state index in [1.807, 2.05) is 0 Å². The van der Waals surface area contributed by atoms with Crippen LogP contribution in [-0.4, -0.2) is 11.5 Å². The Morgan fingerprint density at radius 3 is 3.20 bits per heavy atom. The number of halogens is 2. The average molecular weight is 292 g/mol. The number of thiazole rings is 1. The first-order valence-corrected chi connectivity index (χ1v) is 4.54. The topological polar surface area (TPSA) is 22.1 Å². The van der Waals surface area contributed by atoms with Crippen LogP contribution in [0, 0.1) is 0 Å². The molecule has 0 spiro atoms. The second kappa shape index (κ2) is 3.69. The van der Waals surface area contributed by atoms with Crippen LogP contribution in [0.25, 0.3) is 0 Å². The fourth-order valence-corrected chi connectivity index (χ4v) is 1.88. The van der Waals surface area contributed by atoms with Gasteiger partial charge < -0.3 is 4.74 Å². The van der Waals surface area contributed by atoms with E-state index in [1.54, 1.807) is 0 Å². The van der Waals surface area contributed by atoms with Crippen LogP contribution in [0.15, 0.2) is 8.39 Å². The number of nitrogens with zero attached hydrogens (tertiary/aromatic N) is 1. The molecule has 10 heavy (non-hydrogen) atoms. The monoisotopic (exact) mass is 290 g/mol. The van der Waals surface area contributed by atoms with Crippen molar-refractivity contribution >= 4 is 43.2 Å². The second-order valence-electron chi connectivity index (χ2n) is 1.25. The van der Waals surface area contributed by atoms with Crippen molar-refractivity contribution in [2.75, 3.05) is 6.56 Å². The molecule has 2 nitrogen and oxygen atoms in total. The van der Waals surface area contributed by atoms with E-state index in [9.17, 15) is 0 Å². The summed E-state index contributed by atoms with van der Waals surface area (Å²) < 4.78 is 41.0. The Kier molecular flexibility index (Phi) is 1.43. The molecule has 0 radical (unpaired) electrons. The molecule has 0 saturated carbocycles. The van der Waals surface area contributed by atoms with Crippen LogP contribution < -0.4 is 4.74 Å². The number of rotatable bonds is 2.